The largest absolute Gasteiger partial charge is 0.469 e. The number of aromatic amines is 1. The molecule has 0 fully saturated rings. The van der Waals surface area contributed by atoms with Crippen LogP contribution in [0.1, 0.15) is 11.1 Å². The van der Waals surface area contributed by atoms with Crippen LogP contribution >= 0.6 is 0 Å². The minimum atomic E-state index is -3.17. The first-order chi connectivity index (χ1) is 9.39. The molecule has 1 aromatic carbocycles. The van der Waals surface area contributed by atoms with Gasteiger partial charge in [-0.15, -0.1) is 0 Å². The van der Waals surface area contributed by atoms with Gasteiger partial charge < -0.3 is 9.72 Å². The number of fused-ring (bicyclic) bond motifs is 1. The Balaban J connectivity index is 2.40. The first-order valence-corrected chi connectivity index (χ1v) is 7.89. The molecule has 0 unspecified atom stereocenters. The average Bonchev–Trinajstić information content (AvgIpc) is 2.78. The maximum absolute atomic E-state index is 11.3. The topological polar surface area (TPSA) is 76.2 Å². The van der Waals surface area contributed by atoms with Crippen LogP contribution in [0.3, 0.4) is 0 Å². The lowest BCUT2D eigenvalue weighted by molar-refractivity contribution is -0.139. The van der Waals surface area contributed by atoms with E-state index < -0.39 is 9.84 Å². The van der Waals surface area contributed by atoms with Crippen molar-refractivity contribution >= 4 is 32.8 Å². The molecule has 0 radical (unpaired) electrons. The van der Waals surface area contributed by atoms with E-state index in [1.807, 2.05) is 18.2 Å². The highest BCUT2D eigenvalue weighted by atomic mass is 32.2. The fraction of sp³-hybridized carbons (Fsp3) is 0.214. The Morgan fingerprint density at radius 3 is 2.80 bits per heavy atom. The smallest absolute Gasteiger partial charge is 0.309 e. The van der Waals surface area contributed by atoms with E-state index in [9.17, 15) is 13.2 Å². The van der Waals surface area contributed by atoms with Crippen LogP contribution in [0, 0.1) is 0 Å². The number of nitrogens with one attached hydrogen (secondary N) is 1. The van der Waals surface area contributed by atoms with Crippen LogP contribution in [0.4, 0.5) is 0 Å². The normalized spacial score (nSPS) is 12.1. The van der Waals surface area contributed by atoms with Gasteiger partial charge in [-0.3, -0.25) is 4.79 Å². The quantitative estimate of drug-likeness (QED) is 0.873. The van der Waals surface area contributed by atoms with E-state index in [0.717, 1.165) is 33.7 Å². The van der Waals surface area contributed by atoms with E-state index in [0.29, 0.717) is 0 Å². The summed E-state index contributed by atoms with van der Waals surface area (Å²) < 4.78 is 26.9. The maximum Gasteiger partial charge on any atom is 0.309 e. The number of sulfone groups is 1. The molecule has 0 saturated heterocycles. The Bertz CT molecular complexity index is 772. The molecule has 0 spiro atoms. The highest BCUT2D eigenvalue weighted by Gasteiger charge is 2.07. The van der Waals surface area contributed by atoms with Crippen molar-refractivity contribution in [3.05, 3.63) is 40.9 Å². The van der Waals surface area contributed by atoms with Gasteiger partial charge in [0.05, 0.1) is 13.5 Å². The predicted molar refractivity (Wildman–Crippen MR) is 77.9 cm³/mol. The van der Waals surface area contributed by atoms with Crippen LogP contribution < -0.4 is 0 Å². The van der Waals surface area contributed by atoms with Crippen molar-refractivity contribution in [1.82, 2.24) is 4.98 Å². The molecule has 0 aliphatic carbocycles. The van der Waals surface area contributed by atoms with Gasteiger partial charge in [0.1, 0.15) is 0 Å². The highest BCUT2D eigenvalue weighted by Crippen LogP contribution is 2.21. The molecule has 0 bridgehead atoms. The number of carbonyl (C=O) groups is 1. The van der Waals surface area contributed by atoms with E-state index in [2.05, 4.69) is 9.72 Å². The van der Waals surface area contributed by atoms with Crippen molar-refractivity contribution in [2.45, 2.75) is 6.42 Å². The molecule has 1 N–H and O–H groups in total. The van der Waals surface area contributed by atoms with Gasteiger partial charge in [-0.05, 0) is 23.8 Å². The van der Waals surface area contributed by atoms with Crippen molar-refractivity contribution in [1.29, 1.82) is 0 Å². The zero-order chi connectivity index (χ0) is 14.8. The van der Waals surface area contributed by atoms with Gasteiger partial charge in [0.15, 0.2) is 9.84 Å². The molecule has 2 aromatic rings. The molecule has 1 heterocycles. The summed E-state index contributed by atoms with van der Waals surface area (Å²) in [6.07, 6.45) is 4.60. The van der Waals surface area contributed by atoms with E-state index >= 15 is 0 Å². The molecule has 0 aliphatic heterocycles. The average molecular weight is 293 g/mol. The maximum atomic E-state index is 11.3. The lowest BCUT2D eigenvalue weighted by Crippen LogP contribution is -2.04. The van der Waals surface area contributed by atoms with Crippen LogP contribution in [0.15, 0.2) is 29.8 Å². The molecule has 0 saturated carbocycles. The summed E-state index contributed by atoms with van der Waals surface area (Å²) in [5.74, 6) is -0.312. The van der Waals surface area contributed by atoms with Gasteiger partial charge in [0.2, 0.25) is 0 Å². The first-order valence-electron chi connectivity index (χ1n) is 5.94. The Kier molecular flexibility index (Phi) is 3.94. The molecule has 2 rings (SSSR count). The Labute approximate surface area is 117 Å². The molecule has 0 aliphatic rings. The summed E-state index contributed by atoms with van der Waals surface area (Å²) in [5, 5.41) is 2.02. The number of hydrogen-bond donors (Lipinski definition) is 1. The molecule has 0 atom stereocenters. The van der Waals surface area contributed by atoms with Crippen molar-refractivity contribution in [2.24, 2.45) is 0 Å². The third kappa shape index (κ3) is 3.48. The van der Waals surface area contributed by atoms with Crippen LogP contribution in [0.5, 0.6) is 0 Å². The minimum absolute atomic E-state index is 0.187. The molecular formula is C14H15NO4S. The fourth-order valence-corrected chi connectivity index (χ4v) is 2.27. The van der Waals surface area contributed by atoms with E-state index in [4.69, 9.17) is 0 Å². The molecule has 5 nitrogen and oxygen atoms in total. The van der Waals surface area contributed by atoms with Gasteiger partial charge in [-0.25, -0.2) is 8.42 Å². The van der Waals surface area contributed by atoms with E-state index in [-0.39, 0.29) is 12.4 Å². The Morgan fingerprint density at radius 1 is 1.40 bits per heavy atom. The number of aromatic nitrogens is 1. The zero-order valence-corrected chi connectivity index (χ0v) is 12.0. The molecule has 6 heteroatoms. The number of methoxy groups -OCH3 is 1. The van der Waals surface area contributed by atoms with Gasteiger partial charge >= 0.3 is 5.97 Å². The van der Waals surface area contributed by atoms with Crippen LogP contribution in [0.2, 0.25) is 0 Å². The number of carbonyl (C=O) groups excluding carboxylic acids is 1. The lowest BCUT2D eigenvalue weighted by atomic mass is 10.1. The Hall–Kier alpha value is -2.08. The number of benzene rings is 1. The Morgan fingerprint density at radius 2 is 2.15 bits per heavy atom. The zero-order valence-electron chi connectivity index (χ0n) is 11.2. The second-order valence-corrected chi connectivity index (χ2v) is 6.44. The predicted octanol–water partition coefficient (Wildman–Crippen LogP) is 1.90. The molecule has 20 heavy (non-hydrogen) atoms. The monoisotopic (exact) mass is 293 g/mol. The van der Waals surface area contributed by atoms with E-state index in [1.165, 1.54) is 13.2 Å². The number of ether oxygens (including phenoxy) is 1. The van der Waals surface area contributed by atoms with Gasteiger partial charge in [-0.2, -0.15) is 0 Å². The summed E-state index contributed by atoms with van der Waals surface area (Å²) in [4.78, 5) is 14.3. The standard InChI is InChI=1S/C14H15NO4S/c1-19-14(16)8-10-3-4-13-12(7-10)11(9-15-13)5-6-20(2,17)18/h3-7,9,15H,8H2,1-2H3/b6-5+. The molecule has 1 aromatic heterocycles. The minimum Gasteiger partial charge on any atom is -0.469 e. The fourth-order valence-electron chi connectivity index (χ4n) is 1.87. The van der Waals surface area contributed by atoms with Gasteiger partial charge in [0.25, 0.3) is 0 Å². The SMILES string of the molecule is COC(=O)Cc1ccc2[nH]cc(/C=C/S(C)(=O)=O)c2c1. The molecule has 0 amide bonds. The number of hydrogen-bond acceptors (Lipinski definition) is 4. The summed E-state index contributed by atoms with van der Waals surface area (Å²) >= 11 is 0. The summed E-state index contributed by atoms with van der Waals surface area (Å²) in [5.41, 5.74) is 2.46. The number of esters is 1. The van der Waals surface area contributed by atoms with Crippen LogP contribution in [-0.4, -0.2) is 32.7 Å². The summed E-state index contributed by atoms with van der Waals surface area (Å²) in [7, 11) is -1.83. The summed E-state index contributed by atoms with van der Waals surface area (Å²) in [6, 6.07) is 5.54. The van der Waals surface area contributed by atoms with E-state index in [1.54, 1.807) is 6.20 Å². The lowest BCUT2D eigenvalue weighted by Gasteiger charge is -2.01. The number of rotatable bonds is 4. The number of H-pyrrole nitrogens is 1. The molecule has 106 valence electrons. The van der Waals surface area contributed by atoms with Gasteiger partial charge in [-0.1, -0.05) is 6.07 Å². The van der Waals surface area contributed by atoms with Crippen molar-refractivity contribution in [3.8, 4) is 0 Å². The second kappa shape index (κ2) is 5.50. The third-order valence-corrected chi connectivity index (χ3v) is 3.48. The first kappa shape index (κ1) is 14.3. The summed E-state index contributed by atoms with van der Waals surface area (Å²) in [6.45, 7) is 0. The second-order valence-electron chi connectivity index (χ2n) is 4.51. The van der Waals surface area contributed by atoms with Crippen LogP contribution in [-0.2, 0) is 25.8 Å². The van der Waals surface area contributed by atoms with Crippen molar-refractivity contribution in [3.63, 3.8) is 0 Å². The molecular weight excluding hydrogens is 278 g/mol. The van der Waals surface area contributed by atoms with Crippen molar-refractivity contribution < 1.29 is 17.9 Å². The third-order valence-electron chi connectivity index (χ3n) is 2.85. The van der Waals surface area contributed by atoms with Crippen molar-refractivity contribution in [2.75, 3.05) is 13.4 Å². The highest BCUT2D eigenvalue weighted by molar-refractivity contribution is 7.93. The van der Waals surface area contributed by atoms with Crippen LogP contribution in [0.25, 0.3) is 17.0 Å². The van der Waals surface area contributed by atoms with Gasteiger partial charge in [0, 0.05) is 34.3 Å².